The lowest BCUT2D eigenvalue weighted by Gasteiger charge is -2.10. The number of hydrogen-bond acceptors (Lipinski definition) is 3. The second kappa shape index (κ2) is 4.57. The topological polar surface area (TPSA) is 44.0 Å². The first-order valence-electron chi connectivity index (χ1n) is 6.28. The van der Waals surface area contributed by atoms with Crippen LogP contribution in [0.3, 0.4) is 0 Å². The van der Waals surface area contributed by atoms with E-state index in [9.17, 15) is 4.39 Å². The highest BCUT2D eigenvalue weighted by Crippen LogP contribution is 2.18. The number of imidazole rings is 1. The Labute approximate surface area is 105 Å². The van der Waals surface area contributed by atoms with E-state index in [1.54, 1.807) is 6.07 Å². The number of nitrogens with one attached hydrogen (secondary N) is 2. The highest BCUT2D eigenvalue weighted by atomic mass is 19.1. The van der Waals surface area contributed by atoms with Gasteiger partial charge in [-0.25, -0.2) is 9.37 Å². The van der Waals surface area contributed by atoms with Gasteiger partial charge in [0.05, 0.1) is 11.0 Å². The lowest BCUT2D eigenvalue weighted by atomic mass is 10.1. The molecule has 0 bridgehead atoms. The number of anilines is 1. The normalized spacial score (nSPS) is 20.7. The number of likely N-dealkylation sites (tertiary alicyclic amines) is 1. The smallest absolute Gasteiger partial charge is 0.201 e. The summed E-state index contributed by atoms with van der Waals surface area (Å²) in [4.78, 5) is 9.82. The zero-order valence-corrected chi connectivity index (χ0v) is 10.4. The van der Waals surface area contributed by atoms with E-state index in [2.05, 4.69) is 27.2 Å². The summed E-state index contributed by atoms with van der Waals surface area (Å²) in [6, 6.07) is 4.59. The number of halogens is 1. The van der Waals surface area contributed by atoms with E-state index in [0.29, 0.717) is 5.92 Å². The van der Waals surface area contributed by atoms with Gasteiger partial charge in [0.25, 0.3) is 0 Å². The van der Waals surface area contributed by atoms with Crippen LogP contribution in [0.2, 0.25) is 0 Å². The molecule has 1 unspecified atom stereocenters. The van der Waals surface area contributed by atoms with Crippen molar-refractivity contribution < 1.29 is 4.39 Å². The first kappa shape index (κ1) is 11.5. The minimum atomic E-state index is -0.241. The van der Waals surface area contributed by atoms with Gasteiger partial charge in [-0.2, -0.15) is 0 Å². The van der Waals surface area contributed by atoms with Crippen LogP contribution in [0.15, 0.2) is 18.2 Å². The predicted octanol–water partition coefficient (Wildman–Crippen LogP) is 2.07. The molecule has 0 aliphatic carbocycles. The van der Waals surface area contributed by atoms with Gasteiger partial charge < -0.3 is 15.2 Å². The standard InChI is InChI=1S/C13H17FN4/c1-18-5-4-9(8-18)7-15-13-16-11-3-2-10(14)6-12(11)17-13/h2-3,6,9H,4-5,7-8H2,1H3,(H2,15,16,17). The molecule has 18 heavy (non-hydrogen) atoms. The van der Waals surface area contributed by atoms with Crippen LogP contribution >= 0.6 is 0 Å². The Morgan fingerprint density at radius 2 is 2.44 bits per heavy atom. The predicted molar refractivity (Wildman–Crippen MR) is 70.1 cm³/mol. The molecule has 1 aromatic heterocycles. The maximum absolute atomic E-state index is 13.0. The molecule has 1 aliphatic rings. The zero-order valence-electron chi connectivity index (χ0n) is 10.4. The van der Waals surface area contributed by atoms with E-state index in [1.807, 2.05) is 0 Å². The molecule has 2 N–H and O–H groups in total. The van der Waals surface area contributed by atoms with Crippen LogP contribution in [0.1, 0.15) is 6.42 Å². The molecule has 2 heterocycles. The van der Waals surface area contributed by atoms with E-state index in [4.69, 9.17) is 0 Å². The van der Waals surface area contributed by atoms with Crippen LogP contribution < -0.4 is 5.32 Å². The summed E-state index contributed by atoms with van der Waals surface area (Å²) in [5.74, 6) is 1.15. The summed E-state index contributed by atoms with van der Waals surface area (Å²) in [5.41, 5.74) is 1.53. The number of rotatable bonds is 3. The van der Waals surface area contributed by atoms with Crippen molar-refractivity contribution in [3.05, 3.63) is 24.0 Å². The third kappa shape index (κ3) is 2.31. The Bertz CT molecular complexity index is 551. The van der Waals surface area contributed by atoms with Gasteiger partial charge >= 0.3 is 0 Å². The third-order valence-corrected chi connectivity index (χ3v) is 3.49. The second-order valence-electron chi connectivity index (χ2n) is 5.04. The van der Waals surface area contributed by atoms with Gasteiger partial charge in [-0.05, 0) is 44.1 Å². The summed E-state index contributed by atoms with van der Waals surface area (Å²) < 4.78 is 13.0. The minimum Gasteiger partial charge on any atom is -0.355 e. The molecule has 4 nitrogen and oxygen atoms in total. The van der Waals surface area contributed by atoms with Gasteiger partial charge in [-0.3, -0.25) is 0 Å². The Morgan fingerprint density at radius 3 is 3.22 bits per heavy atom. The summed E-state index contributed by atoms with van der Waals surface area (Å²) in [6.07, 6.45) is 1.22. The maximum atomic E-state index is 13.0. The fourth-order valence-corrected chi connectivity index (χ4v) is 2.50. The first-order valence-corrected chi connectivity index (χ1v) is 6.28. The summed E-state index contributed by atoms with van der Waals surface area (Å²) >= 11 is 0. The molecule has 1 aromatic carbocycles. The Hall–Kier alpha value is -1.62. The second-order valence-corrected chi connectivity index (χ2v) is 5.04. The summed E-state index contributed by atoms with van der Waals surface area (Å²) in [7, 11) is 2.14. The average molecular weight is 248 g/mol. The summed E-state index contributed by atoms with van der Waals surface area (Å²) in [5, 5.41) is 3.30. The quantitative estimate of drug-likeness (QED) is 0.874. The van der Waals surface area contributed by atoms with Gasteiger partial charge in [0.1, 0.15) is 5.82 Å². The molecule has 1 atom stereocenters. The van der Waals surface area contributed by atoms with Crippen LogP contribution in [-0.2, 0) is 0 Å². The molecule has 0 spiro atoms. The SMILES string of the molecule is CN1CCC(CNc2nc3ccc(F)cc3[nH]2)C1. The van der Waals surface area contributed by atoms with Crippen LogP contribution in [0.25, 0.3) is 11.0 Å². The molecule has 0 radical (unpaired) electrons. The van der Waals surface area contributed by atoms with Crippen molar-refractivity contribution in [1.82, 2.24) is 14.9 Å². The van der Waals surface area contributed by atoms with Gasteiger partial charge in [-0.1, -0.05) is 0 Å². The number of fused-ring (bicyclic) bond motifs is 1. The molecule has 1 saturated heterocycles. The number of aromatic nitrogens is 2. The van der Waals surface area contributed by atoms with Gasteiger partial charge in [-0.15, -0.1) is 0 Å². The lowest BCUT2D eigenvalue weighted by Crippen LogP contribution is -2.19. The third-order valence-electron chi connectivity index (χ3n) is 3.49. The van der Waals surface area contributed by atoms with Gasteiger partial charge in [0.2, 0.25) is 5.95 Å². The van der Waals surface area contributed by atoms with Crippen molar-refractivity contribution >= 4 is 17.0 Å². The molecule has 1 aliphatic heterocycles. The van der Waals surface area contributed by atoms with Crippen molar-refractivity contribution in [3.8, 4) is 0 Å². The largest absolute Gasteiger partial charge is 0.355 e. The van der Waals surface area contributed by atoms with Crippen molar-refractivity contribution in [1.29, 1.82) is 0 Å². The first-order chi connectivity index (χ1) is 8.70. The lowest BCUT2D eigenvalue weighted by molar-refractivity contribution is 0.399. The molecule has 3 rings (SSSR count). The fourth-order valence-electron chi connectivity index (χ4n) is 2.50. The Morgan fingerprint density at radius 1 is 1.56 bits per heavy atom. The molecule has 96 valence electrons. The van der Waals surface area contributed by atoms with E-state index in [0.717, 1.165) is 36.6 Å². The highest BCUT2D eigenvalue weighted by molar-refractivity contribution is 5.77. The van der Waals surface area contributed by atoms with E-state index in [1.165, 1.54) is 18.6 Å². The molecule has 0 amide bonds. The number of benzene rings is 1. The van der Waals surface area contributed by atoms with Crippen LogP contribution in [0, 0.1) is 11.7 Å². The van der Waals surface area contributed by atoms with Crippen molar-refractivity contribution in [2.24, 2.45) is 5.92 Å². The van der Waals surface area contributed by atoms with E-state index in [-0.39, 0.29) is 5.82 Å². The molecule has 5 heteroatoms. The molecular formula is C13H17FN4. The van der Waals surface area contributed by atoms with Crippen molar-refractivity contribution in [2.45, 2.75) is 6.42 Å². The zero-order chi connectivity index (χ0) is 12.5. The molecular weight excluding hydrogens is 231 g/mol. The van der Waals surface area contributed by atoms with Crippen LogP contribution in [0.5, 0.6) is 0 Å². The Balaban J connectivity index is 1.67. The van der Waals surface area contributed by atoms with Crippen LogP contribution in [0.4, 0.5) is 10.3 Å². The van der Waals surface area contributed by atoms with Crippen LogP contribution in [-0.4, -0.2) is 41.5 Å². The molecule has 2 aromatic rings. The number of aromatic amines is 1. The molecule has 1 fully saturated rings. The Kier molecular flexibility index (Phi) is 2.91. The number of nitrogens with zero attached hydrogens (tertiary/aromatic N) is 2. The fraction of sp³-hybridized carbons (Fsp3) is 0.462. The number of hydrogen-bond donors (Lipinski definition) is 2. The maximum Gasteiger partial charge on any atom is 0.201 e. The number of H-pyrrole nitrogens is 1. The minimum absolute atomic E-state index is 0.241. The monoisotopic (exact) mass is 248 g/mol. The average Bonchev–Trinajstić information content (AvgIpc) is 2.92. The van der Waals surface area contributed by atoms with E-state index >= 15 is 0 Å². The van der Waals surface area contributed by atoms with Gasteiger partial charge in [0.15, 0.2) is 0 Å². The summed E-state index contributed by atoms with van der Waals surface area (Å²) in [6.45, 7) is 3.20. The van der Waals surface area contributed by atoms with Crippen molar-refractivity contribution in [3.63, 3.8) is 0 Å². The van der Waals surface area contributed by atoms with Crippen molar-refractivity contribution in [2.75, 3.05) is 32.0 Å². The highest BCUT2D eigenvalue weighted by Gasteiger charge is 2.19. The van der Waals surface area contributed by atoms with Gasteiger partial charge in [0, 0.05) is 13.1 Å². The molecule has 0 saturated carbocycles. The van der Waals surface area contributed by atoms with E-state index < -0.39 is 0 Å².